The molecular weight excluding hydrogens is 397 g/mol. The molecule has 30 heavy (non-hydrogen) atoms. The first kappa shape index (κ1) is 20.3. The van der Waals surface area contributed by atoms with Gasteiger partial charge < -0.3 is 10.1 Å². The average molecular weight is 428 g/mol. The molecule has 0 radical (unpaired) electrons. The van der Waals surface area contributed by atoms with Gasteiger partial charge in [0.05, 0.1) is 5.02 Å². The Bertz CT molecular complexity index is 858. The van der Waals surface area contributed by atoms with E-state index in [-0.39, 0.29) is 12.4 Å². The van der Waals surface area contributed by atoms with Gasteiger partial charge >= 0.3 is 0 Å². The van der Waals surface area contributed by atoms with Crippen LogP contribution in [0.1, 0.15) is 56.6 Å². The van der Waals surface area contributed by atoms with Gasteiger partial charge in [0.2, 0.25) is 0 Å². The summed E-state index contributed by atoms with van der Waals surface area (Å²) in [6, 6.07) is 13.3. The third-order valence-electron chi connectivity index (χ3n) is 8.01. The third-order valence-corrected chi connectivity index (χ3v) is 8.36. The lowest BCUT2D eigenvalue weighted by molar-refractivity contribution is -0.0706. The molecule has 0 aliphatic heterocycles. The Morgan fingerprint density at radius 1 is 1.03 bits per heavy atom. The van der Waals surface area contributed by atoms with E-state index in [4.69, 9.17) is 16.3 Å². The molecular formula is C26H31ClFNO. The summed E-state index contributed by atoms with van der Waals surface area (Å²) < 4.78 is 20.1. The number of benzene rings is 2. The van der Waals surface area contributed by atoms with Gasteiger partial charge in [-0.3, -0.25) is 0 Å². The number of hydrogen-bond donors (Lipinski definition) is 1. The van der Waals surface area contributed by atoms with E-state index in [2.05, 4.69) is 18.3 Å². The average Bonchev–Trinajstić information content (AvgIpc) is 2.71. The van der Waals surface area contributed by atoms with Crippen molar-refractivity contribution in [1.82, 2.24) is 5.32 Å². The summed E-state index contributed by atoms with van der Waals surface area (Å²) in [6.45, 7) is 3.28. The molecule has 2 nitrogen and oxygen atoms in total. The Hall–Kier alpha value is -1.58. The third kappa shape index (κ3) is 3.87. The first-order chi connectivity index (χ1) is 14.5. The van der Waals surface area contributed by atoms with Crippen molar-refractivity contribution in [2.24, 2.45) is 23.2 Å². The van der Waals surface area contributed by atoms with Gasteiger partial charge in [0.15, 0.2) is 0 Å². The number of rotatable bonds is 7. The standard InChI is InChI=1S/C26H31ClFNO/c1-17(26-12-18-9-19(13-26)11-20(10-18)14-26)29-15-21-5-2-3-8-25(21)30-16-22-23(27)6-4-7-24(22)28/h2-8,17-20,29H,9-16H2,1H3. The van der Waals surface area contributed by atoms with E-state index < -0.39 is 0 Å². The number of hydrogen-bond acceptors (Lipinski definition) is 2. The van der Waals surface area contributed by atoms with E-state index in [1.165, 1.54) is 44.6 Å². The predicted octanol–water partition coefficient (Wildman–Crippen LogP) is 6.75. The van der Waals surface area contributed by atoms with Crippen LogP contribution < -0.4 is 10.1 Å². The summed E-state index contributed by atoms with van der Waals surface area (Å²) in [4.78, 5) is 0. The highest BCUT2D eigenvalue weighted by Crippen LogP contribution is 2.61. The summed E-state index contributed by atoms with van der Waals surface area (Å²) in [7, 11) is 0. The molecule has 4 aliphatic rings. The molecule has 2 aromatic carbocycles. The van der Waals surface area contributed by atoms with Crippen LogP contribution in [-0.2, 0) is 13.2 Å². The van der Waals surface area contributed by atoms with Crippen LogP contribution >= 0.6 is 11.6 Å². The van der Waals surface area contributed by atoms with Crippen LogP contribution in [-0.4, -0.2) is 6.04 Å². The van der Waals surface area contributed by atoms with Gasteiger partial charge in [-0.05, 0) is 86.8 Å². The topological polar surface area (TPSA) is 21.3 Å². The van der Waals surface area contributed by atoms with Crippen LogP contribution in [0.25, 0.3) is 0 Å². The van der Waals surface area contributed by atoms with Crippen molar-refractivity contribution in [3.8, 4) is 5.75 Å². The number of ether oxygens (including phenoxy) is 1. The van der Waals surface area contributed by atoms with Crippen molar-refractivity contribution in [3.63, 3.8) is 0 Å². The molecule has 2 aromatic rings. The number of nitrogens with one attached hydrogen (secondary N) is 1. The molecule has 0 saturated heterocycles. The van der Waals surface area contributed by atoms with Gasteiger partial charge in [0.25, 0.3) is 0 Å². The molecule has 1 unspecified atom stereocenters. The van der Waals surface area contributed by atoms with E-state index in [0.29, 0.717) is 22.0 Å². The zero-order valence-electron chi connectivity index (χ0n) is 17.7. The number of halogens is 2. The van der Waals surface area contributed by atoms with E-state index in [1.807, 2.05) is 18.2 Å². The van der Waals surface area contributed by atoms with E-state index in [1.54, 1.807) is 12.1 Å². The Morgan fingerprint density at radius 2 is 1.70 bits per heavy atom. The highest BCUT2D eigenvalue weighted by atomic mass is 35.5. The van der Waals surface area contributed by atoms with Crippen LogP contribution in [0.4, 0.5) is 4.39 Å². The lowest BCUT2D eigenvalue weighted by atomic mass is 9.48. The second-order valence-corrected chi connectivity index (χ2v) is 10.4. The molecule has 0 amide bonds. The minimum Gasteiger partial charge on any atom is -0.488 e. The van der Waals surface area contributed by atoms with Crippen LogP contribution in [0.3, 0.4) is 0 Å². The molecule has 4 saturated carbocycles. The lowest BCUT2D eigenvalue weighted by Gasteiger charge is -2.59. The monoisotopic (exact) mass is 427 g/mol. The minimum absolute atomic E-state index is 0.132. The summed E-state index contributed by atoms with van der Waals surface area (Å²) in [6.07, 6.45) is 8.62. The normalized spacial score (nSPS) is 30.4. The van der Waals surface area contributed by atoms with Crippen molar-refractivity contribution < 1.29 is 9.13 Å². The minimum atomic E-state index is -0.325. The molecule has 6 rings (SSSR count). The maximum Gasteiger partial charge on any atom is 0.131 e. The van der Waals surface area contributed by atoms with Crippen LogP contribution in [0.2, 0.25) is 5.02 Å². The molecule has 0 heterocycles. The fourth-order valence-electron chi connectivity index (χ4n) is 6.80. The summed E-state index contributed by atoms with van der Waals surface area (Å²) >= 11 is 6.16. The zero-order chi connectivity index (χ0) is 20.7. The molecule has 0 spiro atoms. The molecule has 1 atom stereocenters. The largest absolute Gasteiger partial charge is 0.488 e. The fraction of sp³-hybridized carbons (Fsp3) is 0.538. The van der Waals surface area contributed by atoms with Gasteiger partial charge in [-0.2, -0.15) is 0 Å². The molecule has 4 heteroatoms. The zero-order valence-corrected chi connectivity index (χ0v) is 18.4. The van der Waals surface area contributed by atoms with Gasteiger partial charge in [0, 0.05) is 23.7 Å². The summed E-state index contributed by atoms with van der Waals surface area (Å²) in [5.74, 6) is 3.35. The second kappa shape index (κ2) is 8.16. The lowest BCUT2D eigenvalue weighted by Crippen LogP contribution is -2.54. The van der Waals surface area contributed by atoms with E-state index in [9.17, 15) is 4.39 Å². The Kier molecular flexibility index (Phi) is 5.53. The van der Waals surface area contributed by atoms with Crippen molar-refractivity contribution in [1.29, 1.82) is 0 Å². The summed E-state index contributed by atoms with van der Waals surface area (Å²) in [5.41, 5.74) is 2.00. The molecule has 0 aromatic heterocycles. The molecule has 160 valence electrons. The molecule has 1 N–H and O–H groups in total. The first-order valence-corrected chi connectivity index (χ1v) is 11.8. The first-order valence-electron chi connectivity index (χ1n) is 11.4. The summed E-state index contributed by atoms with van der Waals surface area (Å²) in [5, 5.41) is 4.24. The Morgan fingerprint density at radius 3 is 2.37 bits per heavy atom. The highest BCUT2D eigenvalue weighted by Gasteiger charge is 2.52. The second-order valence-electron chi connectivity index (χ2n) is 9.98. The van der Waals surface area contributed by atoms with Gasteiger partial charge in [0.1, 0.15) is 18.2 Å². The van der Waals surface area contributed by atoms with Crippen molar-refractivity contribution >= 4 is 11.6 Å². The molecule has 4 bridgehead atoms. The maximum atomic E-state index is 14.1. The van der Waals surface area contributed by atoms with Crippen molar-refractivity contribution in [2.75, 3.05) is 0 Å². The van der Waals surface area contributed by atoms with Gasteiger partial charge in [-0.15, -0.1) is 0 Å². The van der Waals surface area contributed by atoms with Crippen LogP contribution in [0.15, 0.2) is 42.5 Å². The highest BCUT2D eigenvalue weighted by molar-refractivity contribution is 6.31. The van der Waals surface area contributed by atoms with Crippen molar-refractivity contribution in [3.05, 3.63) is 64.4 Å². The van der Waals surface area contributed by atoms with Crippen LogP contribution in [0.5, 0.6) is 5.75 Å². The van der Waals surface area contributed by atoms with E-state index in [0.717, 1.165) is 35.6 Å². The predicted molar refractivity (Wildman–Crippen MR) is 119 cm³/mol. The quantitative estimate of drug-likeness (QED) is 0.527. The van der Waals surface area contributed by atoms with Crippen molar-refractivity contribution in [2.45, 2.75) is 64.6 Å². The Labute approximate surface area is 184 Å². The van der Waals surface area contributed by atoms with Crippen LogP contribution in [0, 0.1) is 29.0 Å². The SMILES string of the molecule is CC(NCc1ccccc1OCc1c(F)cccc1Cl)C12CC3CC(CC(C3)C1)C2. The number of para-hydroxylation sites is 1. The molecule has 4 aliphatic carbocycles. The Balaban J connectivity index is 1.25. The molecule has 4 fully saturated rings. The van der Waals surface area contributed by atoms with Gasteiger partial charge in [-0.1, -0.05) is 35.9 Å². The van der Waals surface area contributed by atoms with Gasteiger partial charge in [-0.25, -0.2) is 4.39 Å². The van der Waals surface area contributed by atoms with E-state index >= 15 is 0 Å². The fourth-order valence-corrected chi connectivity index (χ4v) is 7.02. The smallest absolute Gasteiger partial charge is 0.131 e. The maximum absolute atomic E-state index is 14.1.